The van der Waals surface area contributed by atoms with Crippen molar-refractivity contribution in [3.8, 4) is 0 Å². The third kappa shape index (κ3) is 4.70. The number of amides is 1. The van der Waals surface area contributed by atoms with Crippen molar-refractivity contribution >= 4 is 23.6 Å². The van der Waals surface area contributed by atoms with Crippen LogP contribution in [0.15, 0.2) is 23.1 Å². The van der Waals surface area contributed by atoms with Crippen molar-refractivity contribution < 1.29 is 23.5 Å². The predicted octanol–water partition coefficient (Wildman–Crippen LogP) is 2.52. The van der Waals surface area contributed by atoms with Gasteiger partial charge in [0.15, 0.2) is 11.6 Å². The van der Waals surface area contributed by atoms with E-state index >= 15 is 0 Å². The lowest BCUT2D eigenvalue weighted by atomic mass is 10.3. The molecule has 0 radical (unpaired) electrons. The monoisotopic (exact) mass is 315 g/mol. The van der Waals surface area contributed by atoms with Crippen LogP contribution in [0.4, 0.5) is 8.78 Å². The van der Waals surface area contributed by atoms with Gasteiger partial charge in [-0.15, -0.1) is 11.8 Å². The number of hydrogen-bond donors (Lipinski definition) is 1. The molecule has 0 saturated heterocycles. The predicted molar refractivity (Wildman–Crippen MR) is 74.1 cm³/mol. The maximum absolute atomic E-state index is 13.1. The summed E-state index contributed by atoms with van der Waals surface area (Å²) in [7, 11) is 0. The molecule has 1 N–H and O–H groups in total. The van der Waals surface area contributed by atoms with Crippen molar-refractivity contribution in [2.45, 2.75) is 30.2 Å². The Morgan fingerprint density at radius 1 is 1.29 bits per heavy atom. The van der Waals surface area contributed by atoms with E-state index in [0.29, 0.717) is 4.90 Å². The van der Waals surface area contributed by atoms with Crippen LogP contribution in [0.2, 0.25) is 0 Å². The Bertz CT molecular complexity index is 549. The molecule has 0 heterocycles. The number of carboxylic acids is 1. The summed E-state index contributed by atoms with van der Waals surface area (Å²) in [6.45, 7) is 0.192. The van der Waals surface area contributed by atoms with E-state index in [0.717, 1.165) is 36.7 Å². The minimum Gasteiger partial charge on any atom is -0.481 e. The number of nitrogens with zero attached hydrogens (tertiary/aromatic N) is 1. The highest BCUT2D eigenvalue weighted by Gasteiger charge is 2.32. The Kier molecular flexibility index (Phi) is 5.17. The van der Waals surface area contributed by atoms with Crippen molar-refractivity contribution in [3.05, 3.63) is 29.8 Å². The number of benzene rings is 1. The first-order valence-electron chi connectivity index (χ1n) is 6.56. The van der Waals surface area contributed by atoms with Crippen LogP contribution in [0.25, 0.3) is 0 Å². The van der Waals surface area contributed by atoms with Crippen molar-refractivity contribution in [1.82, 2.24) is 4.90 Å². The van der Waals surface area contributed by atoms with Gasteiger partial charge in [0, 0.05) is 17.5 Å². The zero-order valence-electron chi connectivity index (χ0n) is 11.2. The number of rotatable bonds is 7. The van der Waals surface area contributed by atoms with Gasteiger partial charge in [-0.3, -0.25) is 9.59 Å². The molecule has 114 valence electrons. The summed E-state index contributed by atoms with van der Waals surface area (Å²) < 4.78 is 25.9. The van der Waals surface area contributed by atoms with Crippen molar-refractivity contribution in [2.75, 3.05) is 12.3 Å². The Labute approximate surface area is 125 Å². The van der Waals surface area contributed by atoms with Crippen LogP contribution in [0, 0.1) is 11.6 Å². The van der Waals surface area contributed by atoms with Crippen LogP contribution < -0.4 is 0 Å². The molecule has 0 bridgehead atoms. The van der Waals surface area contributed by atoms with Gasteiger partial charge in [0.2, 0.25) is 5.91 Å². The van der Waals surface area contributed by atoms with Gasteiger partial charge >= 0.3 is 5.97 Å². The maximum atomic E-state index is 13.1. The first kappa shape index (κ1) is 15.8. The highest BCUT2D eigenvalue weighted by molar-refractivity contribution is 8.00. The number of hydrogen-bond acceptors (Lipinski definition) is 3. The van der Waals surface area contributed by atoms with Crippen molar-refractivity contribution in [1.29, 1.82) is 0 Å². The second kappa shape index (κ2) is 6.89. The summed E-state index contributed by atoms with van der Waals surface area (Å²) in [5, 5.41) is 8.69. The zero-order chi connectivity index (χ0) is 15.4. The lowest BCUT2D eigenvalue weighted by Crippen LogP contribution is -2.36. The molecule has 0 aliphatic heterocycles. The van der Waals surface area contributed by atoms with E-state index in [9.17, 15) is 18.4 Å². The van der Waals surface area contributed by atoms with Gasteiger partial charge in [-0.25, -0.2) is 8.78 Å². The summed E-state index contributed by atoms with van der Waals surface area (Å²) in [6, 6.07) is 3.61. The number of halogens is 2. The van der Waals surface area contributed by atoms with Gasteiger partial charge in [-0.05, 0) is 31.0 Å². The molecule has 0 aromatic heterocycles. The van der Waals surface area contributed by atoms with E-state index in [1.54, 1.807) is 4.90 Å². The van der Waals surface area contributed by atoms with Crippen LogP contribution >= 0.6 is 11.8 Å². The second-order valence-electron chi connectivity index (χ2n) is 4.83. The molecule has 0 unspecified atom stereocenters. The summed E-state index contributed by atoms with van der Waals surface area (Å²) in [4.78, 5) is 24.7. The average Bonchev–Trinajstić information content (AvgIpc) is 3.24. The molecule has 0 spiro atoms. The minimum atomic E-state index is -0.947. The van der Waals surface area contributed by atoms with E-state index in [-0.39, 0.29) is 30.7 Å². The van der Waals surface area contributed by atoms with Crippen molar-refractivity contribution in [3.63, 3.8) is 0 Å². The van der Waals surface area contributed by atoms with E-state index in [4.69, 9.17) is 5.11 Å². The molecule has 1 aliphatic rings. The smallest absolute Gasteiger partial charge is 0.305 e. The largest absolute Gasteiger partial charge is 0.481 e. The minimum absolute atomic E-state index is 0.0845. The Morgan fingerprint density at radius 2 is 2.00 bits per heavy atom. The van der Waals surface area contributed by atoms with E-state index in [1.807, 2.05) is 0 Å². The molecule has 21 heavy (non-hydrogen) atoms. The molecule has 1 aliphatic carbocycles. The molecule has 2 rings (SSSR count). The fraction of sp³-hybridized carbons (Fsp3) is 0.429. The van der Waals surface area contributed by atoms with Crippen LogP contribution in [0.1, 0.15) is 19.3 Å². The van der Waals surface area contributed by atoms with Gasteiger partial charge in [0.05, 0.1) is 12.2 Å². The number of carboxylic acid groups (broad SMARTS) is 1. The van der Waals surface area contributed by atoms with Gasteiger partial charge in [0.1, 0.15) is 0 Å². The first-order chi connectivity index (χ1) is 9.97. The van der Waals surface area contributed by atoms with Gasteiger partial charge in [0.25, 0.3) is 0 Å². The number of aliphatic carboxylic acids is 1. The lowest BCUT2D eigenvalue weighted by Gasteiger charge is -2.21. The third-order valence-corrected chi connectivity index (χ3v) is 4.11. The molecular formula is C14H15F2NO3S. The molecule has 7 heteroatoms. The van der Waals surface area contributed by atoms with Gasteiger partial charge < -0.3 is 10.0 Å². The summed E-state index contributed by atoms with van der Waals surface area (Å²) >= 11 is 1.11. The Morgan fingerprint density at radius 3 is 2.57 bits per heavy atom. The van der Waals surface area contributed by atoms with Crippen molar-refractivity contribution in [2.24, 2.45) is 0 Å². The third-order valence-electron chi connectivity index (χ3n) is 3.13. The summed E-state index contributed by atoms with van der Waals surface area (Å²) in [5.41, 5.74) is 0. The molecule has 1 saturated carbocycles. The lowest BCUT2D eigenvalue weighted by molar-refractivity contribution is -0.138. The summed E-state index contributed by atoms with van der Waals surface area (Å²) in [5.74, 6) is -2.90. The average molecular weight is 315 g/mol. The SMILES string of the molecule is O=C(O)CCN(C(=O)CSc1ccc(F)c(F)c1)C1CC1. The number of thioether (sulfide) groups is 1. The second-order valence-corrected chi connectivity index (χ2v) is 5.88. The number of carbonyl (C=O) groups is 2. The van der Waals surface area contributed by atoms with Crippen LogP contribution in [-0.2, 0) is 9.59 Å². The molecule has 0 atom stereocenters. The molecule has 4 nitrogen and oxygen atoms in total. The Balaban J connectivity index is 1.89. The summed E-state index contributed by atoms with van der Waals surface area (Å²) in [6.07, 6.45) is 1.69. The topological polar surface area (TPSA) is 57.6 Å². The fourth-order valence-corrected chi connectivity index (χ4v) is 2.71. The highest BCUT2D eigenvalue weighted by Crippen LogP contribution is 2.28. The van der Waals surface area contributed by atoms with E-state index in [2.05, 4.69) is 0 Å². The first-order valence-corrected chi connectivity index (χ1v) is 7.55. The molecule has 1 aromatic carbocycles. The standard InChI is InChI=1S/C14H15F2NO3S/c15-11-4-3-10(7-12(11)16)21-8-13(18)17(9-1-2-9)6-5-14(19)20/h3-4,7,9H,1-2,5-6,8H2,(H,19,20). The molecular weight excluding hydrogens is 300 g/mol. The fourth-order valence-electron chi connectivity index (χ4n) is 1.91. The van der Waals surface area contributed by atoms with E-state index < -0.39 is 17.6 Å². The molecule has 1 aromatic rings. The quantitative estimate of drug-likeness (QED) is 0.786. The van der Waals surface area contributed by atoms with Crippen LogP contribution in [-0.4, -0.2) is 40.2 Å². The van der Waals surface area contributed by atoms with E-state index in [1.165, 1.54) is 6.07 Å². The zero-order valence-corrected chi connectivity index (χ0v) is 12.0. The Hall–Kier alpha value is -1.63. The number of carbonyl (C=O) groups excluding carboxylic acids is 1. The molecule has 1 fully saturated rings. The molecule has 1 amide bonds. The van der Waals surface area contributed by atoms with Gasteiger partial charge in [-0.2, -0.15) is 0 Å². The normalized spacial score (nSPS) is 14.0. The van der Waals surface area contributed by atoms with Crippen LogP contribution in [0.3, 0.4) is 0 Å². The highest BCUT2D eigenvalue weighted by atomic mass is 32.2. The van der Waals surface area contributed by atoms with Crippen LogP contribution in [0.5, 0.6) is 0 Å². The van der Waals surface area contributed by atoms with Gasteiger partial charge in [-0.1, -0.05) is 0 Å². The maximum Gasteiger partial charge on any atom is 0.305 e.